The molecule has 5 aromatic rings. The molecular weight excluding hydrogens is 743 g/mol. The number of aromatic nitrogens is 6. The number of anilines is 1. The maximum Gasteiger partial charge on any atom is 0.416 e. The Morgan fingerprint density at radius 2 is 1.93 bits per heavy atom. The van der Waals surface area contributed by atoms with Crippen LogP contribution in [0.2, 0.25) is 5.02 Å². The highest BCUT2D eigenvalue weighted by molar-refractivity contribution is 6.33. The van der Waals surface area contributed by atoms with Gasteiger partial charge in [-0.1, -0.05) is 30.7 Å². The zero-order chi connectivity index (χ0) is 38.8. The van der Waals surface area contributed by atoms with Crippen molar-refractivity contribution >= 4 is 46.3 Å². The van der Waals surface area contributed by atoms with E-state index < -0.39 is 41.7 Å². The van der Waals surface area contributed by atoms with Crippen molar-refractivity contribution in [1.29, 1.82) is 0 Å². The minimum absolute atomic E-state index is 0.0210. The number of amides is 2. The number of carbonyl (C=O) groups is 2. The summed E-state index contributed by atoms with van der Waals surface area (Å²) in [7, 11) is 0. The summed E-state index contributed by atoms with van der Waals surface area (Å²) < 4.78 is 50.1. The predicted molar refractivity (Wildman–Crippen MR) is 193 cm³/mol. The first-order chi connectivity index (χ1) is 26.3. The number of rotatable bonds is 7. The second-order valence-electron chi connectivity index (χ2n) is 13.6. The molecule has 2 N–H and O–H groups in total. The Morgan fingerprint density at radius 1 is 1.13 bits per heavy atom. The smallest absolute Gasteiger partial charge is 0.416 e. The Morgan fingerprint density at radius 3 is 2.69 bits per heavy atom. The van der Waals surface area contributed by atoms with Crippen molar-refractivity contribution in [3.05, 3.63) is 91.9 Å². The zero-order valence-electron chi connectivity index (χ0n) is 29.7. The minimum atomic E-state index is -4.62. The molecule has 0 saturated carbocycles. The lowest BCUT2D eigenvalue weighted by atomic mass is 9.98. The third-order valence-corrected chi connectivity index (χ3v) is 10.6. The molecule has 1 atom stereocenters. The van der Waals surface area contributed by atoms with Gasteiger partial charge in [0.2, 0.25) is 11.7 Å². The maximum absolute atomic E-state index is 14.6. The summed E-state index contributed by atoms with van der Waals surface area (Å²) in [6.45, 7) is 4.71. The van der Waals surface area contributed by atoms with E-state index in [-0.39, 0.29) is 51.6 Å². The molecule has 3 aromatic heterocycles. The Kier molecular flexibility index (Phi) is 9.16. The Balaban J connectivity index is 1.24. The molecule has 6 heterocycles. The molecule has 284 valence electrons. The molecule has 8 rings (SSSR count). The molecule has 0 radical (unpaired) electrons. The fraction of sp³-hybridized carbons (Fsp3) is 0.351. The average molecular weight is 777 g/mol. The van der Waals surface area contributed by atoms with Crippen LogP contribution in [0.1, 0.15) is 64.8 Å². The molecular formula is C37H34ClF3N9O5+. The van der Waals surface area contributed by atoms with Gasteiger partial charge in [0.25, 0.3) is 11.6 Å². The van der Waals surface area contributed by atoms with Crippen LogP contribution >= 0.6 is 11.6 Å². The van der Waals surface area contributed by atoms with E-state index in [0.717, 1.165) is 39.6 Å². The van der Waals surface area contributed by atoms with E-state index in [1.165, 1.54) is 6.33 Å². The molecule has 3 aliphatic rings. The van der Waals surface area contributed by atoms with E-state index in [1.807, 2.05) is 29.7 Å². The standard InChI is InChI=1S/C37H33ClF3N9O5/c1-3-26-31(47-12-10-28-27(47)5-4-11-48(28)34(53)30-32(52)19(2)42-18-43-30)35(54)50-36(45-33(46-50)20-6-7-21-16-55-17-22(21)13-20)49(26)15-29(51)44-25-9-8-23(14-24(25)38)37(39,40)41/h6-9,13-14,18,28H,3-5,10-12,15-17H2,1-2H3,(H-,44,51,52,53)/p+1/t28-/m1/s1. The van der Waals surface area contributed by atoms with Crippen LogP contribution in [0, 0.1) is 6.92 Å². The Hall–Kier alpha value is -5.68. The number of alkyl halides is 3. The molecule has 1 fully saturated rings. The van der Waals surface area contributed by atoms with E-state index >= 15 is 0 Å². The number of ether oxygens (including phenoxy) is 1. The van der Waals surface area contributed by atoms with Crippen LogP contribution in [0.3, 0.4) is 0 Å². The van der Waals surface area contributed by atoms with E-state index in [9.17, 15) is 32.7 Å². The highest BCUT2D eigenvalue weighted by Crippen LogP contribution is 2.35. The third-order valence-electron chi connectivity index (χ3n) is 10.3. The highest BCUT2D eigenvalue weighted by atomic mass is 35.5. The van der Waals surface area contributed by atoms with Crippen molar-refractivity contribution in [2.24, 2.45) is 0 Å². The molecule has 2 aromatic carbocycles. The van der Waals surface area contributed by atoms with Crippen LogP contribution in [-0.4, -0.2) is 80.4 Å². The van der Waals surface area contributed by atoms with Crippen LogP contribution < -0.4 is 10.9 Å². The fourth-order valence-corrected chi connectivity index (χ4v) is 7.89. The van der Waals surface area contributed by atoms with Crippen molar-refractivity contribution in [1.82, 2.24) is 34.0 Å². The largest absolute Gasteiger partial charge is 0.504 e. The van der Waals surface area contributed by atoms with Crippen LogP contribution in [0.25, 0.3) is 17.2 Å². The highest BCUT2D eigenvalue weighted by Gasteiger charge is 2.45. The molecule has 0 bridgehead atoms. The molecule has 0 unspecified atom stereocenters. The second-order valence-corrected chi connectivity index (χ2v) is 14.0. The molecule has 1 saturated heterocycles. The minimum Gasteiger partial charge on any atom is -0.504 e. The molecule has 18 heteroatoms. The van der Waals surface area contributed by atoms with Gasteiger partial charge in [-0.3, -0.25) is 19.0 Å². The van der Waals surface area contributed by atoms with E-state index in [4.69, 9.17) is 21.3 Å². The summed E-state index contributed by atoms with van der Waals surface area (Å²) in [6, 6.07) is 7.91. The summed E-state index contributed by atoms with van der Waals surface area (Å²) >= 11 is 6.18. The predicted octanol–water partition coefficient (Wildman–Crippen LogP) is 5.06. The SMILES string of the molecule is CCc1c([N+]2=C3CCCN(C(=O)c4ncnc(C)c4O)[C@@H]3CC2)c(=O)n2nc(-c3ccc4c(c3)COC4)nc2n1CC(=O)Nc1ccc(C(F)(F)F)cc1Cl. The Labute approximate surface area is 315 Å². The number of likely N-dealkylation sites (tertiary alicyclic amines) is 1. The van der Waals surface area contributed by atoms with Gasteiger partial charge in [0.15, 0.2) is 29.5 Å². The number of piperidine rings is 1. The normalized spacial score (nSPS) is 16.8. The number of benzene rings is 2. The zero-order valence-corrected chi connectivity index (χ0v) is 30.4. The lowest BCUT2D eigenvalue weighted by Gasteiger charge is -2.31. The second kappa shape index (κ2) is 13.9. The summed E-state index contributed by atoms with van der Waals surface area (Å²) in [5.41, 5.74) is 2.92. The number of aromatic hydroxyl groups is 1. The molecule has 2 amide bonds. The number of aryl methyl sites for hydroxylation is 1. The van der Waals surface area contributed by atoms with Crippen LogP contribution in [-0.2, 0) is 41.9 Å². The van der Waals surface area contributed by atoms with Gasteiger partial charge in [-0.05, 0) is 55.2 Å². The van der Waals surface area contributed by atoms with E-state index in [2.05, 4.69) is 20.4 Å². The van der Waals surface area contributed by atoms with Gasteiger partial charge in [0, 0.05) is 24.9 Å². The average Bonchev–Trinajstić information content (AvgIpc) is 3.92. The number of halogens is 4. The van der Waals surface area contributed by atoms with Gasteiger partial charge < -0.3 is 20.1 Å². The summed E-state index contributed by atoms with van der Waals surface area (Å²) in [5, 5.41) is 17.6. The van der Waals surface area contributed by atoms with Crippen molar-refractivity contribution in [2.75, 3.05) is 18.4 Å². The molecule has 0 spiro atoms. The van der Waals surface area contributed by atoms with Crippen molar-refractivity contribution in [3.8, 4) is 17.1 Å². The molecule has 14 nitrogen and oxygen atoms in total. The van der Waals surface area contributed by atoms with Crippen molar-refractivity contribution in [3.63, 3.8) is 0 Å². The molecule has 55 heavy (non-hydrogen) atoms. The molecule has 0 aliphatic carbocycles. The summed E-state index contributed by atoms with van der Waals surface area (Å²) in [5.74, 6) is -1.04. The third kappa shape index (κ3) is 6.40. The Bertz CT molecular complexity index is 2510. The molecule has 3 aliphatic heterocycles. The lowest BCUT2D eigenvalue weighted by molar-refractivity contribution is -0.435. The van der Waals surface area contributed by atoms with E-state index in [0.29, 0.717) is 56.8 Å². The number of hydrogen-bond donors (Lipinski definition) is 2. The van der Waals surface area contributed by atoms with Gasteiger partial charge in [-0.25, -0.2) is 9.97 Å². The number of hydrogen-bond acceptors (Lipinski definition) is 9. The van der Waals surface area contributed by atoms with Gasteiger partial charge >= 0.3 is 11.7 Å². The van der Waals surface area contributed by atoms with Crippen molar-refractivity contribution < 1.29 is 37.2 Å². The summed E-state index contributed by atoms with van der Waals surface area (Å²) in [4.78, 5) is 56.6. The van der Waals surface area contributed by atoms with Crippen LogP contribution in [0.15, 0.2) is 47.5 Å². The topological polar surface area (TPSA) is 160 Å². The first-order valence-electron chi connectivity index (χ1n) is 17.7. The number of nitrogens with one attached hydrogen (secondary N) is 1. The van der Waals surface area contributed by atoms with Gasteiger partial charge in [-0.15, -0.1) is 5.10 Å². The van der Waals surface area contributed by atoms with Gasteiger partial charge in [0.05, 0.1) is 40.9 Å². The van der Waals surface area contributed by atoms with Gasteiger partial charge in [-0.2, -0.15) is 27.2 Å². The number of nitrogens with zero attached hydrogens (tertiary/aromatic N) is 8. The maximum atomic E-state index is 14.6. The first kappa shape index (κ1) is 36.3. The van der Waals surface area contributed by atoms with Crippen LogP contribution in [0.5, 0.6) is 5.75 Å². The van der Waals surface area contributed by atoms with Crippen LogP contribution in [0.4, 0.5) is 24.5 Å². The number of fused-ring (bicyclic) bond motifs is 3. The summed E-state index contributed by atoms with van der Waals surface area (Å²) in [6.07, 6.45) is -1.46. The fourth-order valence-electron chi connectivity index (χ4n) is 7.67. The monoisotopic (exact) mass is 776 g/mol. The first-order valence-corrected chi connectivity index (χ1v) is 18.1. The van der Waals surface area contributed by atoms with Crippen molar-refractivity contribution in [2.45, 2.75) is 71.5 Å². The number of carbonyl (C=O) groups excluding carboxylic acids is 2. The van der Waals surface area contributed by atoms with E-state index in [1.54, 1.807) is 16.4 Å². The quantitative estimate of drug-likeness (QED) is 0.216. The van der Waals surface area contributed by atoms with Gasteiger partial charge in [0.1, 0.15) is 18.9 Å². The lowest BCUT2D eigenvalue weighted by Crippen LogP contribution is -2.48.